The van der Waals surface area contributed by atoms with Crippen LogP contribution in [-0.4, -0.2) is 80.6 Å². The molecule has 0 aromatic heterocycles. The van der Waals surface area contributed by atoms with Crippen LogP contribution in [0.1, 0.15) is 56.1 Å². The molecule has 11 heteroatoms. The molecule has 4 aliphatic rings. The summed E-state index contributed by atoms with van der Waals surface area (Å²) < 4.78 is 6.05. The first-order valence-electron chi connectivity index (χ1n) is 13.5. The summed E-state index contributed by atoms with van der Waals surface area (Å²) in [5, 5.41) is 45.2. The fraction of sp³-hybridized carbons (Fsp3) is 0.517. The van der Waals surface area contributed by atoms with Crippen molar-refractivity contribution in [3.8, 4) is 5.75 Å². The van der Waals surface area contributed by atoms with Crippen molar-refractivity contribution < 1.29 is 44.3 Å². The Kier molecular flexibility index (Phi) is 6.78. The number of hydrogen-bond acceptors (Lipinski definition) is 10. The predicted octanol–water partition coefficient (Wildman–Crippen LogP) is 1.63. The molecular weight excluding hydrogens is 520 g/mol. The van der Waals surface area contributed by atoms with E-state index in [2.05, 4.69) is 0 Å². The highest BCUT2D eigenvalue weighted by Crippen LogP contribution is 2.57. The van der Waals surface area contributed by atoms with Crippen LogP contribution in [-0.2, 0) is 23.9 Å². The summed E-state index contributed by atoms with van der Waals surface area (Å²) in [6.07, 6.45) is 2.40. The molecule has 1 aromatic carbocycles. The number of likely N-dealkylation sites (N-methyl/N-ethyl adjacent to an activating group) is 1. The first kappa shape index (κ1) is 27.9. The highest BCUT2D eigenvalue weighted by molar-refractivity contribution is 6.24. The number of nitrogens with zero attached hydrogens (tertiary/aromatic N) is 1. The largest absolute Gasteiger partial charge is 0.508 e. The summed E-state index contributed by atoms with van der Waals surface area (Å²) in [5.74, 6) is -9.35. The third-order valence-corrected chi connectivity index (χ3v) is 9.16. The molecule has 1 aromatic rings. The number of aromatic hydroxyl groups is 1. The molecule has 2 saturated carbocycles. The first-order chi connectivity index (χ1) is 18.8. The molecule has 6 N–H and O–H groups in total. The quantitative estimate of drug-likeness (QED) is 0.264. The number of benzene rings is 1. The Hall–Kier alpha value is -3.70. The van der Waals surface area contributed by atoms with E-state index in [4.69, 9.17) is 10.5 Å². The second-order valence-corrected chi connectivity index (χ2v) is 11.6. The number of rotatable bonds is 5. The molecule has 0 heterocycles. The molecule has 11 nitrogen and oxygen atoms in total. The van der Waals surface area contributed by atoms with E-state index in [-0.39, 0.29) is 29.2 Å². The van der Waals surface area contributed by atoms with Gasteiger partial charge in [0.1, 0.15) is 28.9 Å². The molecular formula is C29H34N2O9. The van der Waals surface area contributed by atoms with Gasteiger partial charge < -0.3 is 30.9 Å². The van der Waals surface area contributed by atoms with Gasteiger partial charge in [-0.2, -0.15) is 0 Å². The van der Waals surface area contributed by atoms with Crippen molar-refractivity contribution in [2.24, 2.45) is 23.5 Å². The summed E-state index contributed by atoms with van der Waals surface area (Å²) in [4.78, 5) is 54.8. The van der Waals surface area contributed by atoms with Gasteiger partial charge in [0.2, 0.25) is 5.78 Å². The Morgan fingerprint density at radius 3 is 2.38 bits per heavy atom. The van der Waals surface area contributed by atoms with Crippen LogP contribution >= 0.6 is 0 Å². The molecule has 6 atom stereocenters. The molecule has 0 spiro atoms. The van der Waals surface area contributed by atoms with Crippen molar-refractivity contribution in [2.45, 2.75) is 62.7 Å². The minimum Gasteiger partial charge on any atom is -0.508 e. The zero-order valence-corrected chi connectivity index (χ0v) is 22.6. The lowest BCUT2D eigenvalue weighted by atomic mass is 9.54. The van der Waals surface area contributed by atoms with Crippen molar-refractivity contribution in [1.82, 2.24) is 4.90 Å². The molecule has 5 rings (SSSR count). The van der Waals surface area contributed by atoms with Gasteiger partial charge in [-0.05, 0) is 50.4 Å². The van der Waals surface area contributed by atoms with Crippen molar-refractivity contribution >= 4 is 29.2 Å². The van der Waals surface area contributed by atoms with Crippen LogP contribution in [0.25, 0.3) is 5.76 Å². The maximum absolute atomic E-state index is 14.2. The Bertz CT molecular complexity index is 1370. The van der Waals surface area contributed by atoms with Crippen molar-refractivity contribution in [1.29, 1.82) is 0 Å². The van der Waals surface area contributed by atoms with Gasteiger partial charge in [-0.15, -0.1) is 0 Å². The van der Waals surface area contributed by atoms with Gasteiger partial charge in [0.05, 0.1) is 17.5 Å². The van der Waals surface area contributed by atoms with Crippen LogP contribution in [0.5, 0.6) is 5.75 Å². The number of primary amides is 1. The molecule has 2 fully saturated rings. The number of fused-ring (bicyclic) bond motifs is 3. The Labute approximate surface area is 230 Å². The number of aliphatic hydroxyl groups is 3. The normalized spacial score (nSPS) is 32.2. The average Bonchev–Trinajstić information content (AvgIpc) is 3.38. The number of Topliss-reactive ketones (excluding diaryl/α,β-unsaturated/α-hetero) is 2. The average molecular weight is 555 g/mol. The number of amides is 1. The highest BCUT2D eigenvalue weighted by atomic mass is 16.5. The second kappa shape index (κ2) is 9.74. The topological polar surface area (TPSA) is 188 Å². The van der Waals surface area contributed by atoms with E-state index in [9.17, 15) is 39.6 Å². The number of esters is 1. The third-order valence-electron chi connectivity index (χ3n) is 9.16. The Morgan fingerprint density at radius 1 is 1.12 bits per heavy atom. The second-order valence-electron chi connectivity index (χ2n) is 11.6. The van der Waals surface area contributed by atoms with Gasteiger partial charge in [0, 0.05) is 17.9 Å². The zero-order valence-electron chi connectivity index (χ0n) is 22.6. The van der Waals surface area contributed by atoms with Gasteiger partial charge in [0.25, 0.3) is 5.91 Å². The minimum absolute atomic E-state index is 0.0256. The van der Waals surface area contributed by atoms with Crippen LogP contribution < -0.4 is 5.73 Å². The number of carbonyl (C=O) groups is 4. The lowest BCUT2D eigenvalue weighted by Crippen LogP contribution is -2.71. The van der Waals surface area contributed by atoms with Gasteiger partial charge in [-0.1, -0.05) is 31.9 Å². The number of phenolic OH excluding ortho intramolecular Hbond substituents is 1. The summed E-state index contributed by atoms with van der Waals surface area (Å²) in [6.45, 7) is 1.73. The molecule has 1 unspecified atom stereocenters. The number of nitrogens with two attached hydrogens (primary N) is 1. The van der Waals surface area contributed by atoms with E-state index in [1.165, 1.54) is 25.1 Å². The van der Waals surface area contributed by atoms with E-state index in [0.717, 1.165) is 25.7 Å². The van der Waals surface area contributed by atoms with E-state index in [1.54, 1.807) is 19.1 Å². The van der Waals surface area contributed by atoms with Crippen molar-refractivity contribution in [3.05, 3.63) is 46.2 Å². The summed E-state index contributed by atoms with van der Waals surface area (Å²) in [6, 6.07) is 3.17. The number of aliphatic hydroxyl groups excluding tert-OH is 2. The summed E-state index contributed by atoms with van der Waals surface area (Å²) in [7, 11) is 2.98. The van der Waals surface area contributed by atoms with E-state index in [0.29, 0.717) is 5.56 Å². The van der Waals surface area contributed by atoms with Gasteiger partial charge in [-0.25, -0.2) is 0 Å². The van der Waals surface area contributed by atoms with Gasteiger partial charge >= 0.3 is 5.97 Å². The fourth-order valence-electron chi connectivity index (χ4n) is 7.34. The number of ketones is 2. The van der Waals surface area contributed by atoms with E-state index < -0.39 is 76.0 Å². The molecule has 0 radical (unpaired) electrons. The number of hydrogen-bond donors (Lipinski definition) is 5. The summed E-state index contributed by atoms with van der Waals surface area (Å²) >= 11 is 0. The fourth-order valence-corrected chi connectivity index (χ4v) is 7.34. The SMILES string of the molecule is C[C@H]1c2cccc(O)c2C(O)=C2C(=O)[C@]3(O)C(O)=C(C(N)=O)C(=O)C(N(C)C)[C@@H]3[C@@H](OC(=O)CC3CCCC3)[C@@H]21. The lowest BCUT2D eigenvalue weighted by molar-refractivity contribution is -0.186. The van der Waals surface area contributed by atoms with Gasteiger partial charge in [0.15, 0.2) is 11.4 Å². The Balaban J connectivity index is 1.76. The van der Waals surface area contributed by atoms with E-state index in [1.807, 2.05) is 0 Å². The molecule has 214 valence electrons. The molecule has 4 aliphatic carbocycles. The smallest absolute Gasteiger partial charge is 0.306 e. The minimum atomic E-state index is -2.94. The van der Waals surface area contributed by atoms with Crippen molar-refractivity contribution in [3.63, 3.8) is 0 Å². The van der Waals surface area contributed by atoms with Gasteiger partial charge in [-0.3, -0.25) is 24.1 Å². The molecule has 1 amide bonds. The number of ether oxygens (including phenoxy) is 1. The molecule has 0 aliphatic heterocycles. The highest BCUT2D eigenvalue weighted by Gasteiger charge is 2.69. The van der Waals surface area contributed by atoms with Crippen LogP contribution in [0.3, 0.4) is 0 Å². The third kappa shape index (κ3) is 3.86. The maximum Gasteiger partial charge on any atom is 0.306 e. The number of phenols is 1. The summed E-state index contributed by atoms with van der Waals surface area (Å²) in [5.41, 5.74) is 1.61. The van der Waals surface area contributed by atoms with E-state index >= 15 is 0 Å². The molecule has 40 heavy (non-hydrogen) atoms. The van der Waals surface area contributed by atoms with Crippen LogP contribution in [0, 0.1) is 17.8 Å². The van der Waals surface area contributed by atoms with Crippen LogP contribution in [0.2, 0.25) is 0 Å². The van der Waals surface area contributed by atoms with Crippen LogP contribution in [0.15, 0.2) is 35.1 Å². The van der Waals surface area contributed by atoms with Crippen molar-refractivity contribution in [2.75, 3.05) is 14.1 Å². The predicted molar refractivity (Wildman–Crippen MR) is 141 cm³/mol. The number of carbonyl (C=O) groups excluding carboxylic acids is 4. The first-order valence-corrected chi connectivity index (χ1v) is 13.5. The molecule has 0 bridgehead atoms. The molecule has 0 saturated heterocycles. The lowest BCUT2D eigenvalue weighted by Gasteiger charge is -2.54. The maximum atomic E-state index is 14.2. The monoisotopic (exact) mass is 554 g/mol. The Morgan fingerprint density at radius 2 is 1.77 bits per heavy atom. The zero-order chi connectivity index (χ0) is 29.3. The van der Waals surface area contributed by atoms with Crippen LogP contribution in [0.4, 0.5) is 0 Å². The standard InChI is InChI=1S/C29H34N2O9/c1-12-14-9-6-10-15(32)18(14)23(34)19-17(12)25(40-16(33)11-13-7-4-5-8-13)21-22(31(2)3)24(35)20(28(30)38)27(37)29(21,39)26(19)36/h6,9-10,12-13,17,21-22,25,32,34,37,39H,4-5,7-8,11H2,1-3H3,(H2,30,38)/t12-,17+,21+,22?,25-,29-/m0/s1.